The molecular formula is C15H20N4OS. The van der Waals surface area contributed by atoms with Crippen LogP contribution in [0.3, 0.4) is 0 Å². The van der Waals surface area contributed by atoms with Crippen LogP contribution in [0.4, 0.5) is 5.69 Å². The second-order valence-corrected chi connectivity index (χ2v) is 6.18. The topological polar surface area (TPSA) is 44.5 Å². The molecule has 0 atom stereocenters. The van der Waals surface area contributed by atoms with Crippen LogP contribution in [-0.2, 0) is 0 Å². The summed E-state index contributed by atoms with van der Waals surface area (Å²) in [5, 5.41) is 12.8. The Balaban J connectivity index is 1.64. The maximum Gasteiger partial charge on any atom is 0.186 e. The maximum atomic E-state index is 9.36. The second-order valence-electron chi connectivity index (χ2n) is 4.94. The molecule has 1 fully saturated rings. The average Bonchev–Trinajstić information content (AvgIpc) is 2.97. The van der Waals surface area contributed by atoms with E-state index in [1.807, 2.05) is 24.5 Å². The van der Waals surface area contributed by atoms with Crippen LogP contribution in [0.1, 0.15) is 6.92 Å². The molecule has 1 aromatic carbocycles. The van der Waals surface area contributed by atoms with Gasteiger partial charge in [-0.05, 0) is 30.0 Å². The van der Waals surface area contributed by atoms with E-state index in [9.17, 15) is 5.11 Å². The largest absolute Gasteiger partial charge is 0.508 e. The highest BCUT2D eigenvalue weighted by Crippen LogP contribution is 2.21. The first kappa shape index (κ1) is 14.1. The zero-order chi connectivity index (χ0) is 14.7. The Morgan fingerprint density at radius 2 is 1.86 bits per heavy atom. The summed E-state index contributed by atoms with van der Waals surface area (Å²) in [7, 11) is 0. The fourth-order valence-electron chi connectivity index (χ4n) is 2.56. The fraction of sp³-hybridized carbons (Fsp3) is 0.400. The Labute approximate surface area is 129 Å². The third-order valence-electron chi connectivity index (χ3n) is 3.64. The van der Waals surface area contributed by atoms with Crippen molar-refractivity contribution in [3.63, 3.8) is 0 Å². The molecule has 1 aliphatic heterocycles. The number of aromatic hydroxyl groups is 1. The molecule has 1 aliphatic rings. The van der Waals surface area contributed by atoms with E-state index in [-0.39, 0.29) is 0 Å². The highest BCUT2D eigenvalue weighted by Gasteiger charge is 2.19. The van der Waals surface area contributed by atoms with Crippen LogP contribution in [0, 0.1) is 0 Å². The van der Waals surface area contributed by atoms with Gasteiger partial charge in [-0.15, -0.1) is 0 Å². The summed E-state index contributed by atoms with van der Waals surface area (Å²) in [6.07, 6.45) is 3.90. The fourth-order valence-corrected chi connectivity index (χ4v) is 3.27. The summed E-state index contributed by atoms with van der Waals surface area (Å²) in [6.45, 7) is 6.02. The van der Waals surface area contributed by atoms with Gasteiger partial charge >= 0.3 is 0 Å². The molecule has 3 rings (SSSR count). The van der Waals surface area contributed by atoms with E-state index in [2.05, 4.69) is 26.5 Å². The summed E-state index contributed by atoms with van der Waals surface area (Å²) in [5.41, 5.74) is 1.17. The standard InChI is InChI=1S/C15H20N4OS/c1-2-21-15-16-7-8-19(15)18-11-9-17(10-12-18)13-3-5-14(20)6-4-13/h3-8,20H,2,9-12H2,1H3. The molecule has 0 aliphatic carbocycles. The Morgan fingerprint density at radius 3 is 2.52 bits per heavy atom. The number of hydrogen-bond donors (Lipinski definition) is 1. The molecule has 0 spiro atoms. The molecule has 0 unspecified atom stereocenters. The van der Waals surface area contributed by atoms with E-state index in [0.717, 1.165) is 37.1 Å². The van der Waals surface area contributed by atoms with Crippen molar-refractivity contribution in [1.29, 1.82) is 0 Å². The van der Waals surface area contributed by atoms with Crippen LogP contribution >= 0.6 is 11.8 Å². The Bertz CT molecular complexity index is 576. The zero-order valence-electron chi connectivity index (χ0n) is 12.1. The lowest BCUT2D eigenvalue weighted by Gasteiger charge is -2.38. The number of phenolic OH excluding ortho intramolecular Hbond substituents is 1. The molecule has 0 amide bonds. The minimum atomic E-state index is 0.317. The first-order chi connectivity index (χ1) is 10.3. The van der Waals surface area contributed by atoms with Gasteiger partial charge < -0.3 is 15.0 Å². The minimum absolute atomic E-state index is 0.317. The van der Waals surface area contributed by atoms with E-state index < -0.39 is 0 Å². The minimum Gasteiger partial charge on any atom is -0.508 e. The number of benzene rings is 1. The summed E-state index contributed by atoms with van der Waals surface area (Å²) in [5.74, 6) is 1.35. The summed E-state index contributed by atoms with van der Waals surface area (Å²) >= 11 is 1.77. The van der Waals surface area contributed by atoms with E-state index in [0.29, 0.717) is 5.75 Å². The van der Waals surface area contributed by atoms with Crippen LogP contribution < -0.4 is 9.91 Å². The van der Waals surface area contributed by atoms with Crippen molar-refractivity contribution in [1.82, 2.24) is 9.66 Å². The normalized spacial score (nSPS) is 15.5. The molecule has 112 valence electrons. The first-order valence-electron chi connectivity index (χ1n) is 7.23. The van der Waals surface area contributed by atoms with E-state index >= 15 is 0 Å². The summed E-state index contributed by atoms with van der Waals surface area (Å²) in [6, 6.07) is 7.43. The number of rotatable bonds is 4. The van der Waals surface area contributed by atoms with Gasteiger partial charge in [0.2, 0.25) is 0 Å². The number of nitrogens with zero attached hydrogens (tertiary/aromatic N) is 4. The van der Waals surface area contributed by atoms with E-state index in [4.69, 9.17) is 0 Å². The Morgan fingerprint density at radius 1 is 1.14 bits per heavy atom. The molecule has 0 bridgehead atoms. The monoisotopic (exact) mass is 304 g/mol. The van der Waals surface area contributed by atoms with Gasteiger partial charge in [0.15, 0.2) is 5.16 Å². The predicted octanol–water partition coefficient (Wildman–Crippen LogP) is 2.16. The molecule has 2 aromatic rings. The quantitative estimate of drug-likeness (QED) is 0.877. The molecule has 2 heterocycles. The smallest absolute Gasteiger partial charge is 0.186 e. The number of anilines is 1. The molecule has 0 radical (unpaired) electrons. The van der Waals surface area contributed by atoms with Crippen LogP contribution in [-0.4, -0.2) is 46.7 Å². The number of aromatic nitrogens is 2. The molecule has 5 nitrogen and oxygen atoms in total. The van der Waals surface area contributed by atoms with Crippen LogP contribution in [0.5, 0.6) is 5.75 Å². The lowest BCUT2D eigenvalue weighted by molar-refractivity contribution is 0.474. The molecule has 1 N–H and O–H groups in total. The van der Waals surface area contributed by atoms with E-state index in [1.165, 1.54) is 5.69 Å². The third kappa shape index (κ3) is 3.10. The van der Waals surface area contributed by atoms with Gasteiger partial charge in [-0.2, -0.15) is 0 Å². The highest BCUT2D eigenvalue weighted by molar-refractivity contribution is 7.99. The van der Waals surface area contributed by atoms with E-state index in [1.54, 1.807) is 23.9 Å². The van der Waals surface area contributed by atoms with Gasteiger partial charge in [0.25, 0.3) is 0 Å². The van der Waals surface area contributed by atoms with Gasteiger partial charge in [0.05, 0.1) is 13.1 Å². The lowest BCUT2D eigenvalue weighted by Crippen LogP contribution is -2.51. The van der Waals surface area contributed by atoms with Crippen molar-refractivity contribution in [3.8, 4) is 5.75 Å². The van der Waals surface area contributed by atoms with Crippen molar-refractivity contribution in [2.75, 3.05) is 41.8 Å². The lowest BCUT2D eigenvalue weighted by atomic mass is 10.2. The number of piperazine rings is 1. The average molecular weight is 304 g/mol. The van der Waals surface area contributed by atoms with Gasteiger partial charge in [0.1, 0.15) is 5.75 Å². The van der Waals surface area contributed by atoms with Crippen molar-refractivity contribution in [2.45, 2.75) is 12.1 Å². The number of imidazole rings is 1. The van der Waals surface area contributed by atoms with Gasteiger partial charge in [-0.3, -0.25) is 0 Å². The summed E-state index contributed by atoms with van der Waals surface area (Å²) in [4.78, 5) is 6.76. The highest BCUT2D eigenvalue weighted by atomic mass is 32.2. The Kier molecular flexibility index (Phi) is 4.24. The van der Waals surface area contributed by atoms with Crippen LogP contribution in [0.15, 0.2) is 41.8 Å². The predicted molar refractivity (Wildman–Crippen MR) is 86.9 cm³/mol. The molecule has 0 saturated carbocycles. The SMILES string of the molecule is CCSc1nccn1N1CCN(c2ccc(O)cc2)CC1. The second kappa shape index (κ2) is 6.30. The Hall–Kier alpha value is -1.82. The van der Waals surface area contributed by atoms with Crippen LogP contribution in [0.2, 0.25) is 0 Å². The van der Waals surface area contributed by atoms with Crippen LogP contribution in [0.25, 0.3) is 0 Å². The van der Waals surface area contributed by atoms with Gasteiger partial charge in [0, 0.05) is 31.2 Å². The number of thioether (sulfide) groups is 1. The van der Waals surface area contributed by atoms with Crippen molar-refractivity contribution >= 4 is 17.4 Å². The van der Waals surface area contributed by atoms with Crippen molar-refractivity contribution in [3.05, 3.63) is 36.7 Å². The molecule has 6 heteroatoms. The van der Waals surface area contributed by atoms with Crippen molar-refractivity contribution < 1.29 is 5.11 Å². The summed E-state index contributed by atoms with van der Waals surface area (Å²) < 4.78 is 2.17. The molecule has 1 saturated heterocycles. The first-order valence-corrected chi connectivity index (χ1v) is 8.22. The number of phenols is 1. The van der Waals surface area contributed by atoms with Gasteiger partial charge in [-0.25, -0.2) is 9.66 Å². The third-order valence-corrected chi connectivity index (χ3v) is 4.48. The number of hydrogen-bond acceptors (Lipinski definition) is 5. The van der Waals surface area contributed by atoms with Gasteiger partial charge in [-0.1, -0.05) is 18.7 Å². The molecular weight excluding hydrogens is 284 g/mol. The molecule has 21 heavy (non-hydrogen) atoms. The zero-order valence-corrected chi connectivity index (χ0v) is 13.0. The van der Waals surface area contributed by atoms with Crippen molar-refractivity contribution in [2.24, 2.45) is 0 Å². The maximum absolute atomic E-state index is 9.36. The molecule has 1 aromatic heterocycles.